The van der Waals surface area contributed by atoms with Gasteiger partial charge < -0.3 is 4.79 Å². The van der Waals surface area contributed by atoms with Crippen molar-refractivity contribution in [2.45, 2.75) is 27.2 Å². The fourth-order valence-electron chi connectivity index (χ4n) is 2.17. The second kappa shape index (κ2) is 4.80. The van der Waals surface area contributed by atoms with Gasteiger partial charge >= 0.3 is 0 Å². The molecular formula is C14H15NOS. The van der Waals surface area contributed by atoms with Crippen LogP contribution in [0, 0.1) is 20.8 Å². The average molecular weight is 245 g/mol. The lowest BCUT2D eigenvalue weighted by Crippen LogP contribution is -1.91. The van der Waals surface area contributed by atoms with Gasteiger partial charge in [-0.15, -0.1) is 11.3 Å². The molecule has 0 saturated heterocycles. The fraction of sp³-hybridized carbons (Fsp3) is 0.286. The molecule has 0 radical (unpaired) electrons. The average Bonchev–Trinajstić information content (AvgIpc) is 2.65. The highest BCUT2D eigenvalue weighted by atomic mass is 32.1. The van der Waals surface area contributed by atoms with Crippen molar-refractivity contribution in [3.63, 3.8) is 0 Å². The molecule has 0 N–H and O–H groups in total. The van der Waals surface area contributed by atoms with Gasteiger partial charge in [0.05, 0.1) is 12.1 Å². The van der Waals surface area contributed by atoms with Crippen LogP contribution in [0.3, 0.4) is 0 Å². The maximum Gasteiger partial charge on any atom is 0.126 e. The highest BCUT2D eigenvalue weighted by Crippen LogP contribution is 2.29. The van der Waals surface area contributed by atoms with Gasteiger partial charge in [-0.3, -0.25) is 0 Å². The molecule has 88 valence electrons. The molecule has 0 spiro atoms. The molecule has 0 fully saturated rings. The first kappa shape index (κ1) is 12.0. The number of hydrogen-bond donors (Lipinski definition) is 0. The monoisotopic (exact) mass is 245 g/mol. The number of aromatic nitrogens is 1. The van der Waals surface area contributed by atoms with Crippen molar-refractivity contribution in [1.82, 2.24) is 4.98 Å². The van der Waals surface area contributed by atoms with Crippen LogP contribution in [-0.2, 0) is 11.2 Å². The first-order chi connectivity index (χ1) is 8.11. The molecule has 0 atom stereocenters. The third-order valence-electron chi connectivity index (χ3n) is 2.74. The molecular weight excluding hydrogens is 230 g/mol. The van der Waals surface area contributed by atoms with E-state index in [0.717, 1.165) is 17.0 Å². The summed E-state index contributed by atoms with van der Waals surface area (Å²) >= 11 is 1.55. The van der Waals surface area contributed by atoms with Gasteiger partial charge in [0.25, 0.3) is 0 Å². The first-order valence-corrected chi connectivity index (χ1v) is 6.46. The predicted octanol–water partition coefficient (Wildman–Crippen LogP) is 3.48. The summed E-state index contributed by atoms with van der Waals surface area (Å²) in [6.45, 7) is 6.31. The highest BCUT2D eigenvalue weighted by Gasteiger charge is 2.10. The largest absolute Gasteiger partial charge is 0.303 e. The minimum absolute atomic E-state index is 0.411. The minimum Gasteiger partial charge on any atom is -0.303 e. The molecule has 0 aliphatic heterocycles. The molecule has 17 heavy (non-hydrogen) atoms. The van der Waals surface area contributed by atoms with Crippen molar-refractivity contribution in [3.05, 3.63) is 39.2 Å². The highest BCUT2D eigenvalue weighted by molar-refractivity contribution is 7.10. The molecule has 0 aliphatic rings. The number of aldehydes is 1. The standard InChI is InChI=1S/C14H15NOS/c1-9-6-10(2)14(11(3)7-9)12-8-17-13(15-12)4-5-16/h5-8H,4H2,1-3H3. The van der Waals surface area contributed by atoms with E-state index in [0.29, 0.717) is 6.42 Å². The van der Waals surface area contributed by atoms with Gasteiger partial charge in [0.1, 0.15) is 11.3 Å². The van der Waals surface area contributed by atoms with Gasteiger partial charge in [-0.05, 0) is 31.9 Å². The second-order valence-corrected chi connectivity index (χ2v) is 5.21. The van der Waals surface area contributed by atoms with Crippen molar-refractivity contribution in [2.24, 2.45) is 0 Å². The van der Waals surface area contributed by atoms with Crippen molar-refractivity contribution in [3.8, 4) is 11.3 Å². The lowest BCUT2D eigenvalue weighted by Gasteiger charge is -2.08. The van der Waals surface area contributed by atoms with E-state index in [9.17, 15) is 4.79 Å². The quantitative estimate of drug-likeness (QED) is 0.775. The van der Waals surface area contributed by atoms with E-state index in [1.54, 1.807) is 11.3 Å². The number of carbonyl (C=O) groups excluding carboxylic acids is 1. The van der Waals surface area contributed by atoms with Crippen LogP contribution in [0.25, 0.3) is 11.3 Å². The third-order valence-corrected chi connectivity index (χ3v) is 3.61. The molecule has 2 rings (SSSR count). The lowest BCUT2D eigenvalue weighted by molar-refractivity contribution is -0.107. The SMILES string of the molecule is Cc1cc(C)c(-c2csc(CC=O)n2)c(C)c1. The summed E-state index contributed by atoms with van der Waals surface area (Å²) in [6, 6.07) is 4.34. The van der Waals surface area contributed by atoms with Gasteiger partial charge in [0, 0.05) is 10.9 Å². The first-order valence-electron chi connectivity index (χ1n) is 5.58. The zero-order chi connectivity index (χ0) is 12.4. The number of rotatable bonds is 3. The topological polar surface area (TPSA) is 30.0 Å². The summed E-state index contributed by atoms with van der Waals surface area (Å²) in [5.41, 5.74) is 5.94. The Morgan fingerprint density at radius 2 is 1.88 bits per heavy atom. The zero-order valence-corrected chi connectivity index (χ0v) is 11.1. The van der Waals surface area contributed by atoms with Crippen LogP contribution < -0.4 is 0 Å². The van der Waals surface area contributed by atoms with Gasteiger partial charge in [0.2, 0.25) is 0 Å². The summed E-state index contributed by atoms with van der Waals surface area (Å²) < 4.78 is 0. The van der Waals surface area contributed by atoms with Crippen LogP contribution in [-0.4, -0.2) is 11.3 Å². The number of hydrogen-bond acceptors (Lipinski definition) is 3. The molecule has 0 unspecified atom stereocenters. The second-order valence-electron chi connectivity index (χ2n) is 4.27. The number of thiazole rings is 1. The minimum atomic E-state index is 0.411. The summed E-state index contributed by atoms with van der Waals surface area (Å²) in [4.78, 5) is 15.0. The number of benzene rings is 1. The molecule has 1 aromatic heterocycles. The van der Waals surface area contributed by atoms with Crippen molar-refractivity contribution in [2.75, 3.05) is 0 Å². The summed E-state index contributed by atoms with van der Waals surface area (Å²) in [6.07, 6.45) is 1.31. The van der Waals surface area contributed by atoms with Crippen LogP contribution in [0.15, 0.2) is 17.5 Å². The third kappa shape index (κ3) is 2.44. The maximum absolute atomic E-state index is 10.5. The lowest BCUT2D eigenvalue weighted by atomic mass is 9.98. The van der Waals surface area contributed by atoms with E-state index < -0.39 is 0 Å². The van der Waals surface area contributed by atoms with E-state index in [2.05, 4.69) is 37.9 Å². The summed E-state index contributed by atoms with van der Waals surface area (Å²) in [5.74, 6) is 0. The van der Waals surface area contributed by atoms with E-state index in [4.69, 9.17) is 0 Å². The molecule has 3 heteroatoms. The Hall–Kier alpha value is -1.48. The van der Waals surface area contributed by atoms with Crippen LogP contribution in [0.5, 0.6) is 0 Å². The Kier molecular flexibility index (Phi) is 3.38. The van der Waals surface area contributed by atoms with E-state index >= 15 is 0 Å². The Morgan fingerprint density at radius 3 is 2.47 bits per heavy atom. The molecule has 1 heterocycles. The van der Waals surface area contributed by atoms with E-state index in [1.807, 2.05) is 5.38 Å². The molecule has 1 aromatic carbocycles. The van der Waals surface area contributed by atoms with Gasteiger partial charge in [-0.2, -0.15) is 0 Å². The normalized spacial score (nSPS) is 10.5. The van der Waals surface area contributed by atoms with Crippen LogP contribution in [0.1, 0.15) is 21.7 Å². The summed E-state index contributed by atoms with van der Waals surface area (Å²) in [7, 11) is 0. The van der Waals surface area contributed by atoms with E-state index in [-0.39, 0.29) is 0 Å². The number of nitrogens with zero attached hydrogens (tertiary/aromatic N) is 1. The Bertz CT molecular complexity index is 534. The predicted molar refractivity (Wildman–Crippen MR) is 71.5 cm³/mol. The van der Waals surface area contributed by atoms with Crippen molar-refractivity contribution in [1.29, 1.82) is 0 Å². The molecule has 0 aliphatic carbocycles. The smallest absolute Gasteiger partial charge is 0.126 e. The molecule has 0 bridgehead atoms. The molecule has 0 amide bonds. The fourth-order valence-corrected chi connectivity index (χ4v) is 2.91. The van der Waals surface area contributed by atoms with Crippen LogP contribution in [0.4, 0.5) is 0 Å². The van der Waals surface area contributed by atoms with Gasteiger partial charge in [-0.25, -0.2) is 4.98 Å². The number of carbonyl (C=O) groups is 1. The molecule has 2 aromatic rings. The Balaban J connectivity index is 2.48. The molecule has 0 saturated carbocycles. The van der Waals surface area contributed by atoms with Crippen molar-refractivity contribution < 1.29 is 4.79 Å². The van der Waals surface area contributed by atoms with Gasteiger partial charge in [-0.1, -0.05) is 17.7 Å². The van der Waals surface area contributed by atoms with Crippen molar-refractivity contribution >= 4 is 17.6 Å². The Labute approximate surface area is 105 Å². The van der Waals surface area contributed by atoms with Crippen LogP contribution in [0.2, 0.25) is 0 Å². The summed E-state index contributed by atoms with van der Waals surface area (Å²) in [5, 5.41) is 2.91. The zero-order valence-electron chi connectivity index (χ0n) is 10.3. The number of aryl methyl sites for hydroxylation is 3. The van der Waals surface area contributed by atoms with Gasteiger partial charge in [0.15, 0.2) is 0 Å². The Morgan fingerprint density at radius 1 is 1.24 bits per heavy atom. The van der Waals surface area contributed by atoms with E-state index in [1.165, 1.54) is 22.3 Å². The van der Waals surface area contributed by atoms with Crippen LogP contribution >= 0.6 is 11.3 Å². The molecule has 2 nitrogen and oxygen atoms in total. The maximum atomic E-state index is 10.5.